The predicted molar refractivity (Wildman–Crippen MR) is 146 cm³/mol. The van der Waals surface area contributed by atoms with Crippen molar-refractivity contribution in [3.63, 3.8) is 0 Å². The van der Waals surface area contributed by atoms with Gasteiger partial charge in [-0.05, 0) is 77.0 Å². The van der Waals surface area contributed by atoms with Gasteiger partial charge in [0.2, 0.25) is 0 Å². The van der Waals surface area contributed by atoms with Gasteiger partial charge in [0, 0.05) is 10.8 Å². The van der Waals surface area contributed by atoms with Crippen molar-refractivity contribution in [2.24, 2.45) is 0 Å². The van der Waals surface area contributed by atoms with Crippen molar-refractivity contribution >= 4 is 21.5 Å². The molecule has 4 aromatic carbocycles. The van der Waals surface area contributed by atoms with Gasteiger partial charge in [-0.15, -0.1) is 0 Å². The molecule has 0 aromatic heterocycles. The average Bonchev–Trinajstić information content (AvgIpc) is 2.93. The molecule has 0 unspecified atom stereocenters. The maximum Gasteiger partial charge on any atom is 0.126 e. The van der Waals surface area contributed by atoms with Crippen LogP contribution in [0.15, 0.2) is 60.7 Å². The van der Waals surface area contributed by atoms with E-state index in [-0.39, 0.29) is 0 Å². The number of phenols is 2. The largest absolute Gasteiger partial charge is 0.507 e. The Bertz CT molecular complexity index is 1250. The van der Waals surface area contributed by atoms with Crippen molar-refractivity contribution in [1.82, 2.24) is 0 Å². The minimum absolute atomic E-state index is 0.446. The quantitative estimate of drug-likeness (QED) is 0.316. The number of aromatic hydroxyl groups is 2. The Morgan fingerprint density at radius 2 is 0.886 bits per heavy atom. The number of fused-ring (bicyclic) bond motifs is 2. The van der Waals surface area contributed by atoms with E-state index in [0.29, 0.717) is 23.3 Å². The zero-order valence-electron chi connectivity index (χ0n) is 20.6. The Labute approximate surface area is 208 Å². The Morgan fingerprint density at radius 1 is 0.514 bits per heavy atom. The monoisotopic (exact) mass is 464 g/mol. The van der Waals surface area contributed by atoms with Crippen LogP contribution >= 0.6 is 0 Å². The van der Waals surface area contributed by atoms with Crippen LogP contribution in [0.25, 0.3) is 21.5 Å². The van der Waals surface area contributed by atoms with Crippen LogP contribution in [0.4, 0.5) is 0 Å². The highest BCUT2D eigenvalue weighted by Crippen LogP contribution is 2.45. The minimum Gasteiger partial charge on any atom is -0.507 e. The van der Waals surface area contributed by atoms with Crippen LogP contribution in [0.3, 0.4) is 0 Å². The second kappa shape index (κ2) is 9.57. The molecule has 0 amide bonds. The van der Waals surface area contributed by atoms with Gasteiger partial charge in [-0.3, -0.25) is 0 Å². The van der Waals surface area contributed by atoms with Crippen molar-refractivity contribution in [2.45, 2.75) is 82.5 Å². The van der Waals surface area contributed by atoms with E-state index in [1.165, 1.54) is 75.3 Å². The van der Waals surface area contributed by atoms with Crippen molar-refractivity contribution in [3.8, 4) is 11.5 Å². The van der Waals surface area contributed by atoms with Crippen LogP contribution in [-0.4, -0.2) is 10.2 Å². The maximum absolute atomic E-state index is 11.3. The lowest BCUT2D eigenvalue weighted by atomic mass is 9.80. The van der Waals surface area contributed by atoms with E-state index < -0.39 is 0 Å². The molecule has 2 saturated carbocycles. The van der Waals surface area contributed by atoms with Crippen LogP contribution in [-0.2, 0) is 6.42 Å². The zero-order valence-corrected chi connectivity index (χ0v) is 20.6. The Balaban J connectivity index is 1.50. The van der Waals surface area contributed by atoms with E-state index in [1.54, 1.807) is 0 Å². The van der Waals surface area contributed by atoms with Crippen LogP contribution < -0.4 is 0 Å². The van der Waals surface area contributed by atoms with Crippen molar-refractivity contribution in [2.75, 3.05) is 0 Å². The first kappa shape index (κ1) is 22.5. The number of hydrogen-bond donors (Lipinski definition) is 2. The van der Waals surface area contributed by atoms with E-state index >= 15 is 0 Å². The molecule has 35 heavy (non-hydrogen) atoms. The van der Waals surface area contributed by atoms with E-state index in [1.807, 2.05) is 12.1 Å². The molecule has 0 aliphatic heterocycles. The van der Waals surface area contributed by atoms with Gasteiger partial charge in [0.1, 0.15) is 11.5 Å². The van der Waals surface area contributed by atoms with Gasteiger partial charge in [-0.2, -0.15) is 0 Å². The minimum atomic E-state index is 0.446. The molecule has 2 heteroatoms. The first-order valence-corrected chi connectivity index (χ1v) is 13.7. The summed E-state index contributed by atoms with van der Waals surface area (Å²) >= 11 is 0. The molecule has 0 spiro atoms. The molecule has 2 N–H and O–H groups in total. The Kier molecular flexibility index (Phi) is 6.14. The lowest BCUT2D eigenvalue weighted by Crippen LogP contribution is -2.07. The van der Waals surface area contributed by atoms with Crippen LogP contribution in [0.1, 0.15) is 98.3 Å². The van der Waals surface area contributed by atoms with Crippen LogP contribution in [0.5, 0.6) is 11.5 Å². The summed E-state index contributed by atoms with van der Waals surface area (Å²) in [5.41, 5.74) is 4.83. The van der Waals surface area contributed by atoms with Crippen molar-refractivity contribution in [1.29, 1.82) is 0 Å². The molecular weight excluding hydrogens is 428 g/mol. The molecule has 0 bridgehead atoms. The molecule has 0 saturated heterocycles. The number of hydrogen-bond acceptors (Lipinski definition) is 2. The molecule has 0 atom stereocenters. The molecule has 2 nitrogen and oxygen atoms in total. The fourth-order valence-corrected chi connectivity index (χ4v) is 6.87. The summed E-state index contributed by atoms with van der Waals surface area (Å²) in [6.07, 6.45) is 13.1. The van der Waals surface area contributed by atoms with Gasteiger partial charge in [-0.25, -0.2) is 0 Å². The number of phenolic OH excluding ortho intramolecular Hbond substituents is 2. The summed E-state index contributed by atoms with van der Waals surface area (Å²) in [4.78, 5) is 0. The second-order valence-electron chi connectivity index (χ2n) is 10.9. The second-order valence-corrected chi connectivity index (χ2v) is 10.9. The standard InChI is InChI=1S/C33H36O2/c34-32-28-17-9-7-15-26(28)24(20-30(32)22-11-3-1-4-12-22)19-25-21-31(23-13-5-2-6-14-23)33(35)29-18-10-8-16-27(25)29/h7-10,15-18,20-23,34-35H,1-6,11-14,19H2. The SMILES string of the molecule is Oc1c(C2CCCCC2)cc(Cc2cc(C3CCCCC3)c(O)c3ccccc23)c2ccccc12. The Hall–Kier alpha value is -3.00. The Morgan fingerprint density at radius 3 is 1.29 bits per heavy atom. The van der Waals surface area contributed by atoms with E-state index in [2.05, 4.69) is 48.5 Å². The molecule has 6 rings (SSSR count). The fourth-order valence-electron chi connectivity index (χ4n) is 6.87. The van der Waals surface area contributed by atoms with Gasteiger partial charge in [0.05, 0.1) is 0 Å². The lowest BCUT2D eigenvalue weighted by molar-refractivity contribution is 0.417. The van der Waals surface area contributed by atoms with Gasteiger partial charge in [-0.1, -0.05) is 99.2 Å². The normalized spacial score (nSPS) is 17.8. The predicted octanol–water partition coefficient (Wildman–Crippen LogP) is 9.09. The van der Waals surface area contributed by atoms with Crippen LogP contribution in [0.2, 0.25) is 0 Å². The van der Waals surface area contributed by atoms with Crippen molar-refractivity contribution in [3.05, 3.63) is 82.9 Å². The molecule has 2 aliphatic carbocycles. The van der Waals surface area contributed by atoms with Crippen molar-refractivity contribution < 1.29 is 10.2 Å². The zero-order chi connectivity index (χ0) is 23.8. The van der Waals surface area contributed by atoms with Gasteiger partial charge < -0.3 is 10.2 Å². The smallest absolute Gasteiger partial charge is 0.126 e. The van der Waals surface area contributed by atoms with Gasteiger partial charge in [0.25, 0.3) is 0 Å². The van der Waals surface area contributed by atoms with Gasteiger partial charge >= 0.3 is 0 Å². The first-order valence-electron chi connectivity index (χ1n) is 13.7. The third kappa shape index (κ3) is 4.18. The summed E-state index contributed by atoms with van der Waals surface area (Å²) in [5.74, 6) is 1.85. The molecule has 0 heterocycles. The lowest BCUT2D eigenvalue weighted by Gasteiger charge is -2.26. The highest BCUT2D eigenvalue weighted by molar-refractivity contribution is 5.95. The molecule has 2 aliphatic rings. The highest BCUT2D eigenvalue weighted by atomic mass is 16.3. The summed E-state index contributed by atoms with van der Waals surface area (Å²) in [6, 6.07) is 21.3. The van der Waals surface area contributed by atoms with E-state index in [9.17, 15) is 10.2 Å². The molecular formula is C33H36O2. The first-order chi connectivity index (χ1) is 17.2. The van der Waals surface area contributed by atoms with Gasteiger partial charge in [0.15, 0.2) is 0 Å². The highest BCUT2D eigenvalue weighted by Gasteiger charge is 2.24. The average molecular weight is 465 g/mol. The topological polar surface area (TPSA) is 40.5 Å². The molecule has 4 aromatic rings. The van der Waals surface area contributed by atoms with Crippen LogP contribution in [0, 0.1) is 0 Å². The van der Waals surface area contributed by atoms with E-state index in [0.717, 1.165) is 39.1 Å². The summed E-state index contributed by atoms with van der Waals surface area (Å²) in [7, 11) is 0. The third-order valence-electron chi connectivity index (χ3n) is 8.73. The van der Waals surface area contributed by atoms with E-state index in [4.69, 9.17) is 0 Å². The summed E-state index contributed by atoms with van der Waals surface area (Å²) in [6.45, 7) is 0. The summed E-state index contributed by atoms with van der Waals surface area (Å²) in [5, 5.41) is 26.8. The maximum atomic E-state index is 11.3. The fraction of sp³-hybridized carbons (Fsp3) is 0.394. The summed E-state index contributed by atoms with van der Waals surface area (Å²) < 4.78 is 0. The number of benzene rings is 4. The number of rotatable bonds is 4. The molecule has 2 fully saturated rings. The third-order valence-corrected chi connectivity index (χ3v) is 8.73. The molecule has 180 valence electrons. The molecule has 0 radical (unpaired) electrons.